The summed E-state index contributed by atoms with van der Waals surface area (Å²) in [7, 11) is -1.72. The zero-order valence-electron chi connectivity index (χ0n) is 27.3. The van der Waals surface area contributed by atoms with Crippen LogP contribution in [-0.4, -0.2) is 88.5 Å². The molecule has 0 bridgehead atoms. The highest BCUT2D eigenvalue weighted by atomic mass is 28.4. The van der Waals surface area contributed by atoms with Gasteiger partial charge in [0.2, 0.25) is 0 Å². The van der Waals surface area contributed by atoms with Crippen LogP contribution in [0, 0.1) is 5.41 Å². The molecule has 0 atom stereocenters. The highest BCUT2D eigenvalue weighted by Crippen LogP contribution is 2.45. The number of hydrogen-bond acceptors (Lipinski definition) is 4. The summed E-state index contributed by atoms with van der Waals surface area (Å²) in [5.74, 6) is 0. The molecular weight excluding hydrogens is 470 g/mol. The Bertz CT molecular complexity index is 450. The summed E-state index contributed by atoms with van der Waals surface area (Å²) in [6.45, 7) is 33.1. The molecule has 0 saturated heterocycles. The Balaban J connectivity index is 5.89. The van der Waals surface area contributed by atoms with Crippen molar-refractivity contribution in [3.63, 3.8) is 0 Å². The molecule has 0 spiro atoms. The SMILES string of the molecule is CCCN(CC)CCCC(CCCN(CC)CCC)(CCCN(CC)CCC)C[Si](CC)(CC)OCC. The standard InChI is InChI=1S/C32H71N3OSi/c1-10-25-33(13-4)28-19-22-32(23-20-29-34(14-5)26-11-2,24-21-30-35(15-6)27-12-3)31-37(17-8,18-9)36-16-7/h10-31H2,1-9H3. The molecular formula is C32H71N3OSi. The molecule has 0 radical (unpaired) electrons. The van der Waals surface area contributed by atoms with E-state index in [4.69, 9.17) is 4.43 Å². The average molecular weight is 542 g/mol. The van der Waals surface area contributed by atoms with E-state index in [1.54, 1.807) is 0 Å². The van der Waals surface area contributed by atoms with Crippen LogP contribution in [0.2, 0.25) is 18.1 Å². The van der Waals surface area contributed by atoms with Crippen LogP contribution in [0.15, 0.2) is 0 Å². The second-order valence-electron chi connectivity index (χ2n) is 11.6. The van der Waals surface area contributed by atoms with Crippen molar-refractivity contribution in [3.05, 3.63) is 0 Å². The quantitative estimate of drug-likeness (QED) is 0.0970. The highest BCUT2D eigenvalue weighted by molar-refractivity contribution is 6.73. The maximum absolute atomic E-state index is 6.75. The largest absolute Gasteiger partial charge is 0.417 e. The molecule has 0 aromatic rings. The van der Waals surface area contributed by atoms with E-state index in [1.807, 2.05) is 0 Å². The lowest BCUT2D eigenvalue weighted by atomic mass is 9.76. The third kappa shape index (κ3) is 15.4. The van der Waals surface area contributed by atoms with Gasteiger partial charge in [0, 0.05) is 6.61 Å². The molecule has 37 heavy (non-hydrogen) atoms. The van der Waals surface area contributed by atoms with Gasteiger partial charge in [-0.3, -0.25) is 0 Å². The van der Waals surface area contributed by atoms with Gasteiger partial charge in [-0.05, 0) is 147 Å². The fourth-order valence-corrected chi connectivity index (χ4v) is 10.7. The molecule has 0 unspecified atom stereocenters. The number of hydrogen-bond donors (Lipinski definition) is 0. The van der Waals surface area contributed by atoms with Gasteiger partial charge in [0.15, 0.2) is 8.32 Å². The number of nitrogens with zero attached hydrogens (tertiary/aromatic N) is 3. The van der Waals surface area contributed by atoms with Gasteiger partial charge >= 0.3 is 0 Å². The van der Waals surface area contributed by atoms with Crippen LogP contribution >= 0.6 is 0 Å². The second-order valence-corrected chi connectivity index (χ2v) is 16.0. The van der Waals surface area contributed by atoms with Gasteiger partial charge in [-0.25, -0.2) is 0 Å². The molecule has 0 aliphatic rings. The van der Waals surface area contributed by atoms with Crippen molar-refractivity contribution < 1.29 is 4.43 Å². The van der Waals surface area contributed by atoms with Crippen LogP contribution in [0.4, 0.5) is 0 Å². The van der Waals surface area contributed by atoms with Crippen LogP contribution in [0.3, 0.4) is 0 Å². The minimum Gasteiger partial charge on any atom is -0.417 e. The molecule has 0 aromatic heterocycles. The summed E-state index contributed by atoms with van der Waals surface area (Å²) in [5.41, 5.74) is 0.441. The summed E-state index contributed by atoms with van der Waals surface area (Å²) in [4.78, 5) is 8.03. The lowest BCUT2D eigenvalue weighted by Crippen LogP contribution is -2.44. The van der Waals surface area contributed by atoms with Crippen molar-refractivity contribution in [1.82, 2.24) is 14.7 Å². The third-order valence-corrected chi connectivity index (χ3v) is 13.8. The minimum atomic E-state index is -1.72. The van der Waals surface area contributed by atoms with Crippen molar-refractivity contribution in [3.8, 4) is 0 Å². The van der Waals surface area contributed by atoms with Crippen molar-refractivity contribution >= 4 is 8.32 Å². The molecule has 224 valence electrons. The Morgan fingerprint density at radius 1 is 0.514 bits per heavy atom. The molecule has 0 aromatic carbocycles. The summed E-state index contributed by atoms with van der Waals surface area (Å²) in [6.07, 6.45) is 12.0. The predicted octanol–water partition coefficient (Wildman–Crippen LogP) is 8.53. The van der Waals surface area contributed by atoms with Gasteiger partial charge in [-0.2, -0.15) is 0 Å². The fraction of sp³-hybridized carbons (Fsp3) is 1.00. The molecule has 0 N–H and O–H groups in total. The first-order chi connectivity index (χ1) is 17.9. The molecule has 0 saturated carbocycles. The first-order valence-electron chi connectivity index (χ1n) is 16.7. The van der Waals surface area contributed by atoms with Crippen molar-refractivity contribution in [1.29, 1.82) is 0 Å². The molecule has 0 aliphatic carbocycles. The smallest absolute Gasteiger partial charge is 0.192 e. The Morgan fingerprint density at radius 3 is 1.11 bits per heavy atom. The summed E-state index contributed by atoms with van der Waals surface area (Å²) < 4.78 is 6.75. The van der Waals surface area contributed by atoms with Crippen molar-refractivity contribution in [2.24, 2.45) is 5.41 Å². The van der Waals surface area contributed by atoms with Gasteiger partial charge < -0.3 is 19.1 Å². The maximum Gasteiger partial charge on any atom is 0.192 e. The van der Waals surface area contributed by atoms with E-state index in [1.165, 1.54) is 135 Å². The van der Waals surface area contributed by atoms with Gasteiger partial charge in [0.05, 0.1) is 0 Å². The fourth-order valence-electron chi connectivity index (χ4n) is 6.65. The van der Waals surface area contributed by atoms with Crippen LogP contribution in [0.25, 0.3) is 0 Å². The van der Waals surface area contributed by atoms with Crippen LogP contribution in [-0.2, 0) is 4.43 Å². The van der Waals surface area contributed by atoms with Gasteiger partial charge in [0.25, 0.3) is 0 Å². The molecule has 0 heterocycles. The lowest BCUT2D eigenvalue weighted by molar-refractivity contribution is 0.168. The van der Waals surface area contributed by atoms with Gasteiger partial charge in [-0.1, -0.05) is 55.4 Å². The van der Waals surface area contributed by atoms with E-state index >= 15 is 0 Å². The summed E-state index contributed by atoms with van der Waals surface area (Å²) in [5, 5.41) is 0. The summed E-state index contributed by atoms with van der Waals surface area (Å²) in [6, 6.07) is 3.91. The average Bonchev–Trinajstić information content (AvgIpc) is 2.91. The molecule has 0 aliphatic heterocycles. The van der Waals surface area contributed by atoms with Crippen molar-refractivity contribution in [2.75, 3.05) is 65.5 Å². The van der Waals surface area contributed by atoms with E-state index in [-0.39, 0.29) is 0 Å². The van der Waals surface area contributed by atoms with Crippen LogP contribution < -0.4 is 0 Å². The zero-order chi connectivity index (χ0) is 28.0. The Morgan fingerprint density at radius 2 is 0.865 bits per heavy atom. The third-order valence-electron chi connectivity index (χ3n) is 8.94. The predicted molar refractivity (Wildman–Crippen MR) is 170 cm³/mol. The van der Waals surface area contributed by atoms with E-state index < -0.39 is 8.32 Å². The van der Waals surface area contributed by atoms with Gasteiger partial charge in [-0.15, -0.1) is 0 Å². The molecule has 0 amide bonds. The molecule has 4 nitrogen and oxygen atoms in total. The highest BCUT2D eigenvalue weighted by Gasteiger charge is 2.41. The number of rotatable bonds is 27. The Kier molecular flexibility index (Phi) is 22.9. The van der Waals surface area contributed by atoms with E-state index in [0.29, 0.717) is 5.41 Å². The molecule has 0 rings (SSSR count). The molecule has 0 fully saturated rings. The normalized spacial score (nSPS) is 13.0. The first kappa shape index (κ1) is 37.1. The molecule has 5 heteroatoms. The summed E-state index contributed by atoms with van der Waals surface area (Å²) >= 11 is 0. The van der Waals surface area contributed by atoms with E-state index in [9.17, 15) is 0 Å². The van der Waals surface area contributed by atoms with Crippen LogP contribution in [0.5, 0.6) is 0 Å². The Labute approximate surface area is 236 Å². The minimum absolute atomic E-state index is 0.441. The van der Waals surface area contributed by atoms with Gasteiger partial charge in [0.1, 0.15) is 0 Å². The first-order valence-corrected chi connectivity index (χ1v) is 19.2. The lowest BCUT2D eigenvalue weighted by Gasteiger charge is -2.43. The monoisotopic (exact) mass is 542 g/mol. The second kappa shape index (κ2) is 22.8. The maximum atomic E-state index is 6.75. The van der Waals surface area contributed by atoms with E-state index in [0.717, 1.165) is 6.61 Å². The van der Waals surface area contributed by atoms with Crippen molar-refractivity contribution in [2.45, 2.75) is 138 Å². The van der Waals surface area contributed by atoms with Crippen LogP contribution in [0.1, 0.15) is 120 Å². The zero-order valence-corrected chi connectivity index (χ0v) is 28.3. The van der Waals surface area contributed by atoms with E-state index in [2.05, 4.69) is 77.0 Å². The topological polar surface area (TPSA) is 19.0 Å². The Hall–Kier alpha value is 0.0569.